The molecule has 182 valence electrons. The second kappa shape index (κ2) is 10.1. The summed E-state index contributed by atoms with van der Waals surface area (Å²) in [7, 11) is 0. The average molecular weight is 467 g/mol. The first kappa shape index (κ1) is 24.1. The van der Waals surface area contributed by atoms with E-state index >= 15 is 0 Å². The summed E-state index contributed by atoms with van der Waals surface area (Å²) in [6.45, 7) is 7.82. The molecule has 0 aliphatic carbocycles. The van der Waals surface area contributed by atoms with Gasteiger partial charge in [0.1, 0.15) is 12.2 Å². The van der Waals surface area contributed by atoms with Crippen LogP contribution in [0.4, 0.5) is 10.5 Å². The van der Waals surface area contributed by atoms with Crippen molar-refractivity contribution in [3.63, 3.8) is 0 Å². The maximum Gasteiger partial charge on any atom is 0.407 e. The van der Waals surface area contributed by atoms with Gasteiger partial charge in [0.15, 0.2) is 0 Å². The molecule has 2 aliphatic rings. The summed E-state index contributed by atoms with van der Waals surface area (Å²) in [6, 6.07) is 17.2. The van der Waals surface area contributed by atoms with E-state index in [0.717, 1.165) is 43.6 Å². The van der Waals surface area contributed by atoms with Gasteiger partial charge in [-0.3, -0.25) is 0 Å². The highest BCUT2D eigenvalue weighted by Gasteiger charge is 2.43. The Hall–Kier alpha value is -3.06. The molecule has 0 saturated carbocycles. The van der Waals surface area contributed by atoms with Crippen LogP contribution in [0.25, 0.3) is 0 Å². The predicted octanol–water partition coefficient (Wildman–Crippen LogP) is 4.70. The van der Waals surface area contributed by atoms with Crippen molar-refractivity contribution in [3.05, 3.63) is 65.7 Å². The molecule has 2 aliphatic heterocycles. The lowest BCUT2D eigenvalue weighted by Crippen LogP contribution is -2.45. The lowest BCUT2D eigenvalue weighted by atomic mass is 9.87. The minimum absolute atomic E-state index is 0.0540. The van der Waals surface area contributed by atoms with E-state index in [9.17, 15) is 9.59 Å². The van der Waals surface area contributed by atoms with Gasteiger partial charge in [0, 0.05) is 13.1 Å². The van der Waals surface area contributed by atoms with Crippen molar-refractivity contribution in [1.29, 1.82) is 0 Å². The molecule has 0 radical (unpaired) electrons. The highest BCUT2D eigenvalue weighted by molar-refractivity contribution is 5.95. The number of hydrogen-bond donors (Lipinski definition) is 1. The van der Waals surface area contributed by atoms with Gasteiger partial charge < -0.3 is 24.4 Å². The van der Waals surface area contributed by atoms with Crippen molar-refractivity contribution in [2.75, 3.05) is 24.6 Å². The number of esters is 1. The van der Waals surface area contributed by atoms with Gasteiger partial charge in [-0.15, -0.1) is 0 Å². The molecule has 1 amide bonds. The number of hydrogen-bond acceptors (Lipinski definition) is 6. The van der Waals surface area contributed by atoms with E-state index in [-0.39, 0.29) is 24.2 Å². The Morgan fingerprint density at radius 2 is 1.74 bits per heavy atom. The fourth-order valence-electron chi connectivity index (χ4n) is 4.64. The highest BCUT2D eigenvalue weighted by atomic mass is 16.6. The summed E-state index contributed by atoms with van der Waals surface area (Å²) < 4.78 is 17.1. The van der Waals surface area contributed by atoms with E-state index in [2.05, 4.69) is 10.2 Å². The van der Waals surface area contributed by atoms with Crippen molar-refractivity contribution in [2.24, 2.45) is 0 Å². The predicted molar refractivity (Wildman–Crippen MR) is 130 cm³/mol. The second-order valence-corrected chi connectivity index (χ2v) is 10.1. The zero-order valence-corrected chi connectivity index (χ0v) is 20.2. The van der Waals surface area contributed by atoms with Gasteiger partial charge in [0.2, 0.25) is 0 Å². The topological polar surface area (TPSA) is 77.1 Å². The van der Waals surface area contributed by atoms with Crippen LogP contribution in [0.15, 0.2) is 54.6 Å². The summed E-state index contributed by atoms with van der Waals surface area (Å²) >= 11 is 0. The molecule has 2 aromatic rings. The normalized spacial score (nSPS) is 19.6. The molecule has 1 N–H and O–H groups in total. The third-order valence-corrected chi connectivity index (χ3v) is 6.28. The number of alkyl carbamates (subject to hydrolysis) is 1. The van der Waals surface area contributed by atoms with Crippen LogP contribution in [-0.2, 0) is 20.8 Å². The first-order chi connectivity index (χ1) is 16.2. The summed E-state index contributed by atoms with van der Waals surface area (Å²) in [5.41, 5.74) is 1.64. The van der Waals surface area contributed by atoms with Crippen molar-refractivity contribution < 1.29 is 23.8 Å². The average Bonchev–Trinajstić information content (AvgIpc) is 3.19. The third-order valence-electron chi connectivity index (χ3n) is 6.28. The molecule has 0 aromatic heterocycles. The molecule has 4 rings (SSSR count). The summed E-state index contributed by atoms with van der Waals surface area (Å²) in [5, 5.41) is 2.94. The largest absolute Gasteiger partial charge is 0.457 e. The van der Waals surface area contributed by atoms with Crippen molar-refractivity contribution in [1.82, 2.24) is 5.32 Å². The molecule has 0 bridgehead atoms. The molecular formula is C27H34N2O5. The van der Waals surface area contributed by atoms with E-state index < -0.39 is 11.7 Å². The Balaban J connectivity index is 1.33. The Bertz CT molecular complexity index is 994. The molecule has 2 aromatic carbocycles. The van der Waals surface area contributed by atoms with Gasteiger partial charge in [-0.2, -0.15) is 0 Å². The summed E-state index contributed by atoms with van der Waals surface area (Å²) in [6.07, 6.45) is 2.01. The Labute approximate surface area is 201 Å². The van der Waals surface area contributed by atoms with Crippen LogP contribution >= 0.6 is 0 Å². The molecule has 2 heterocycles. The van der Waals surface area contributed by atoms with Gasteiger partial charge in [-0.25, -0.2) is 9.59 Å². The van der Waals surface area contributed by atoms with E-state index in [4.69, 9.17) is 14.2 Å². The molecule has 1 spiro atoms. The first-order valence-electron chi connectivity index (χ1n) is 11.9. The number of benzene rings is 2. The molecule has 0 unspecified atom stereocenters. The van der Waals surface area contributed by atoms with Gasteiger partial charge in [-0.1, -0.05) is 42.5 Å². The zero-order valence-electron chi connectivity index (χ0n) is 20.2. The molecule has 2 saturated heterocycles. The molecule has 2 fully saturated rings. The minimum atomic E-state index is -0.526. The lowest BCUT2D eigenvalue weighted by Gasteiger charge is -2.40. The quantitative estimate of drug-likeness (QED) is 0.644. The standard InChI is InChI=1S/C27H34N2O5/c1-26(2,3)34-25(31)28-21-17-27(33-19-21)13-15-29(16-14-27)23-12-8-7-11-22(23)24(30)32-18-20-9-5-4-6-10-20/h4-12,21H,13-19H2,1-3H3,(H,28,31)/t21-/m0/s1. The van der Waals surface area contributed by atoms with Gasteiger partial charge >= 0.3 is 12.1 Å². The maximum absolute atomic E-state index is 12.9. The second-order valence-electron chi connectivity index (χ2n) is 10.1. The van der Waals surface area contributed by atoms with E-state index in [1.165, 1.54) is 0 Å². The van der Waals surface area contributed by atoms with Gasteiger partial charge in [0.25, 0.3) is 0 Å². The van der Waals surface area contributed by atoms with Crippen molar-refractivity contribution in [2.45, 2.75) is 63.9 Å². The van der Waals surface area contributed by atoms with Crippen LogP contribution in [0.2, 0.25) is 0 Å². The SMILES string of the molecule is CC(C)(C)OC(=O)N[C@@H]1COC2(CCN(c3ccccc3C(=O)OCc3ccccc3)CC2)C1. The molecule has 7 heteroatoms. The molecule has 7 nitrogen and oxygen atoms in total. The Morgan fingerprint density at radius 1 is 1.06 bits per heavy atom. The van der Waals surface area contributed by atoms with Crippen LogP contribution in [-0.4, -0.2) is 49.0 Å². The first-order valence-corrected chi connectivity index (χ1v) is 11.9. The minimum Gasteiger partial charge on any atom is -0.457 e. The number of rotatable bonds is 5. The Kier molecular flexibility index (Phi) is 7.12. The van der Waals surface area contributed by atoms with Gasteiger partial charge in [0.05, 0.1) is 29.5 Å². The van der Waals surface area contributed by atoms with E-state index in [1.807, 2.05) is 75.4 Å². The smallest absolute Gasteiger partial charge is 0.407 e. The van der Waals surface area contributed by atoms with Gasteiger partial charge in [-0.05, 0) is 57.7 Å². The lowest BCUT2D eigenvalue weighted by molar-refractivity contribution is -0.0151. The van der Waals surface area contributed by atoms with Crippen LogP contribution in [0, 0.1) is 0 Å². The number of para-hydroxylation sites is 1. The zero-order chi connectivity index (χ0) is 24.2. The van der Waals surface area contributed by atoms with Crippen molar-refractivity contribution >= 4 is 17.7 Å². The monoisotopic (exact) mass is 466 g/mol. The van der Waals surface area contributed by atoms with Crippen molar-refractivity contribution in [3.8, 4) is 0 Å². The molecular weight excluding hydrogens is 432 g/mol. The number of carbonyl (C=O) groups is 2. The fourth-order valence-corrected chi connectivity index (χ4v) is 4.64. The van der Waals surface area contributed by atoms with Crippen LogP contribution in [0.1, 0.15) is 56.0 Å². The number of ether oxygens (including phenoxy) is 3. The number of carbonyl (C=O) groups excluding carboxylic acids is 2. The maximum atomic E-state index is 12.9. The van der Waals surface area contributed by atoms with Crippen LogP contribution in [0.5, 0.6) is 0 Å². The third kappa shape index (κ3) is 6.08. The van der Waals surface area contributed by atoms with Crippen LogP contribution < -0.4 is 10.2 Å². The molecule has 34 heavy (non-hydrogen) atoms. The van der Waals surface area contributed by atoms with E-state index in [0.29, 0.717) is 12.2 Å². The number of amides is 1. The number of nitrogens with one attached hydrogen (secondary N) is 1. The highest BCUT2D eigenvalue weighted by Crippen LogP contribution is 2.38. The fraction of sp³-hybridized carbons (Fsp3) is 0.481. The number of piperidine rings is 1. The van der Waals surface area contributed by atoms with E-state index in [1.54, 1.807) is 0 Å². The summed E-state index contributed by atoms with van der Waals surface area (Å²) in [5.74, 6) is -0.321. The number of anilines is 1. The molecule has 1 atom stereocenters. The Morgan fingerprint density at radius 3 is 2.44 bits per heavy atom. The number of nitrogens with zero attached hydrogens (tertiary/aromatic N) is 1. The van der Waals surface area contributed by atoms with Crippen LogP contribution in [0.3, 0.4) is 0 Å². The summed E-state index contributed by atoms with van der Waals surface area (Å²) in [4.78, 5) is 27.2.